The Labute approximate surface area is 124 Å². The van der Waals surface area contributed by atoms with Crippen LogP contribution in [0.15, 0.2) is 29.6 Å². The zero-order chi connectivity index (χ0) is 14.1. The fourth-order valence-electron chi connectivity index (χ4n) is 1.84. The van der Waals surface area contributed by atoms with Crippen molar-refractivity contribution in [2.24, 2.45) is 0 Å². The minimum atomic E-state index is 0.239. The highest BCUT2D eigenvalue weighted by atomic mass is 35.5. The van der Waals surface area contributed by atoms with Crippen molar-refractivity contribution in [2.45, 2.75) is 0 Å². The van der Waals surface area contributed by atoms with Crippen LogP contribution in [0.25, 0.3) is 10.2 Å². The maximum Gasteiger partial charge on any atom is 0.223 e. The number of hydrogen-bond acceptors (Lipinski definition) is 6. The Morgan fingerprint density at radius 3 is 2.95 bits per heavy atom. The third-order valence-corrected chi connectivity index (χ3v) is 3.88. The molecule has 0 amide bonds. The first kappa shape index (κ1) is 13.0. The molecule has 0 bridgehead atoms. The van der Waals surface area contributed by atoms with E-state index in [4.69, 9.17) is 22.1 Å². The Balaban J connectivity index is 2.02. The summed E-state index contributed by atoms with van der Waals surface area (Å²) in [5.41, 5.74) is 6.53. The van der Waals surface area contributed by atoms with Crippen LogP contribution < -0.4 is 15.8 Å². The molecule has 0 atom stereocenters. The number of nitrogens with one attached hydrogen (secondary N) is 1. The molecular weight excluding hydrogens is 296 g/mol. The van der Waals surface area contributed by atoms with Gasteiger partial charge in [0.25, 0.3) is 0 Å². The number of nitrogens with two attached hydrogens (primary N) is 1. The molecule has 0 radical (unpaired) electrons. The van der Waals surface area contributed by atoms with Gasteiger partial charge in [-0.1, -0.05) is 11.6 Å². The van der Waals surface area contributed by atoms with Crippen molar-refractivity contribution in [3.05, 3.63) is 34.7 Å². The van der Waals surface area contributed by atoms with Gasteiger partial charge < -0.3 is 15.8 Å². The standard InChI is InChI=1S/C13H11ClN4OS/c1-19-10-6-7(2-3-9(10)14)16-11-8-4-5-20-12(8)18-13(15)17-11/h2-6H,1H3,(H3,15,16,17,18). The number of anilines is 3. The minimum absolute atomic E-state index is 0.239. The second-order valence-electron chi connectivity index (χ2n) is 4.04. The lowest BCUT2D eigenvalue weighted by Crippen LogP contribution is -2.00. The first-order valence-corrected chi connectivity index (χ1v) is 7.04. The van der Waals surface area contributed by atoms with Crippen LogP contribution in [0.2, 0.25) is 5.02 Å². The predicted octanol–water partition coefficient (Wildman–Crippen LogP) is 3.68. The Hall–Kier alpha value is -2.05. The van der Waals surface area contributed by atoms with Gasteiger partial charge in [-0.15, -0.1) is 11.3 Å². The van der Waals surface area contributed by atoms with Crippen molar-refractivity contribution < 1.29 is 4.74 Å². The number of nitrogens with zero attached hydrogens (tertiary/aromatic N) is 2. The van der Waals surface area contributed by atoms with Crippen LogP contribution >= 0.6 is 22.9 Å². The zero-order valence-electron chi connectivity index (χ0n) is 10.6. The molecule has 2 heterocycles. The topological polar surface area (TPSA) is 73.1 Å². The molecular formula is C13H11ClN4OS. The van der Waals surface area contributed by atoms with Crippen LogP contribution in [-0.2, 0) is 0 Å². The summed E-state index contributed by atoms with van der Waals surface area (Å²) in [7, 11) is 1.57. The van der Waals surface area contributed by atoms with Crippen LogP contribution in [0.4, 0.5) is 17.5 Å². The number of methoxy groups -OCH3 is 1. The molecule has 0 spiro atoms. The second kappa shape index (κ2) is 5.15. The average Bonchev–Trinajstić information content (AvgIpc) is 2.89. The molecule has 7 heteroatoms. The molecule has 0 aliphatic carbocycles. The molecule has 20 heavy (non-hydrogen) atoms. The number of halogens is 1. The van der Waals surface area contributed by atoms with E-state index in [0.717, 1.165) is 15.9 Å². The smallest absolute Gasteiger partial charge is 0.223 e. The largest absolute Gasteiger partial charge is 0.495 e. The fraction of sp³-hybridized carbons (Fsp3) is 0.0769. The van der Waals surface area contributed by atoms with Crippen LogP contribution in [0.1, 0.15) is 0 Å². The highest BCUT2D eigenvalue weighted by Gasteiger charge is 2.09. The summed E-state index contributed by atoms with van der Waals surface area (Å²) in [4.78, 5) is 9.27. The molecule has 0 saturated carbocycles. The lowest BCUT2D eigenvalue weighted by Gasteiger charge is -2.09. The summed E-state index contributed by atoms with van der Waals surface area (Å²) >= 11 is 7.52. The van der Waals surface area contributed by atoms with Gasteiger partial charge in [0.05, 0.1) is 17.5 Å². The van der Waals surface area contributed by atoms with E-state index >= 15 is 0 Å². The number of benzene rings is 1. The second-order valence-corrected chi connectivity index (χ2v) is 5.35. The van der Waals surface area contributed by atoms with Gasteiger partial charge in [-0.25, -0.2) is 4.98 Å². The number of hydrogen-bond donors (Lipinski definition) is 2. The van der Waals surface area contributed by atoms with Gasteiger partial charge in [-0.3, -0.25) is 0 Å². The third-order valence-electron chi connectivity index (χ3n) is 2.76. The molecule has 3 N–H and O–H groups in total. The van der Waals surface area contributed by atoms with Crippen molar-refractivity contribution in [3.63, 3.8) is 0 Å². The van der Waals surface area contributed by atoms with Crippen LogP contribution in [-0.4, -0.2) is 17.1 Å². The van der Waals surface area contributed by atoms with E-state index in [2.05, 4.69) is 15.3 Å². The van der Waals surface area contributed by atoms with Gasteiger partial charge in [-0.05, 0) is 23.6 Å². The summed E-state index contributed by atoms with van der Waals surface area (Å²) in [6.07, 6.45) is 0. The van der Waals surface area contributed by atoms with Crippen LogP contribution in [0.3, 0.4) is 0 Å². The number of aromatic nitrogens is 2. The zero-order valence-corrected chi connectivity index (χ0v) is 12.1. The molecule has 3 rings (SSSR count). The SMILES string of the molecule is COc1cc(Nc2nc(N)nc3sccc23)ccc1Cl. The normalized spacial score (nSPS) is 10.7. The highest BCUT2D eigenvalue weighted by Crippen LogP contribution is 2.31. The first-order chi connectivity index (χ1) is 9.67. The van der Waals surface area contributed by atoms with E-state index in [0.29, 0.717) is 16.6 Å². The van der Waals surface area contributed by atoms with E-state index in [1.165, 1.54) is 11.3 Å². The molecule has 0 saturated heterocycles. The maximum absolute atomic E-state index is 6.01. The van der Waals surface area contributed by atoms with E-state index < -0.39 is 0 Å². The molecule has 0 unspecified atom stereocenters. The van der Waals surface area contributed by atoms with Crippen LogP contribution in [0.5, 0.6) is 5.75 Å². The van der Waals surface area contributed by atoms with Crippen molar-refractivity contribution in [1.29, 1.82) is 0 Å². The Bertz CT molecular complexity index is 774. The van der Waals surface area contributed by atoms with Crippen molar-refractivity contribution in [2.75, 3.05) is 18.2 Å². The van der Waals surface area contributed by atoms with Gasteiger partial charge in [-0.2, -0.15) is 4.98 Å². The first-order valence-electron chi connectivity index (χ1n) is 5.78. The number of thiophene rings is 1. The Morgan fingerprint density at radius 2 is 2.15 bits per heavy atom. The van der Waals surface area contributed by atoms with Gasteiger partial charge in [0.15, 0.2) is 0 Å². The monoisotopic (exact) mass is 306 g/mol. The molecule has 102 valence electrons. The molecule has 0 fully saturated rings. The number of nitrogen functional groups attached to an aromatic ring is 1. The van der Waals surface area contributed by atoms with Gasteiger partial charge in [0.2, 0.25) is 5.95 Å². The lowest BCUT2D eigenvalue weighted by molar-refractivity contribution is 0.415. The minimum Gasteiger partial charge on any atom is -0.495 e. The summed E-state index contributed by atoms with van der Waals surface area (Å²) in [6.45, 7) is 0. The lowest BCUT2D eigenvalue weighted by atomic mass is 10.3. The Kier molecular flexibility index (Phi) is 3.33. The average molecular weight is 307 g/mol. The molecule has 0 aliphatic heterocycles. The van der Waals surface area contributed by atoms with Crippen molar-refractivity contribution in [1.82, 2.24) is 9.97 Å². The predicted molar refractivity (Wildman–Crippen MR) is 83.1 cm³/mol. The van der Waals surface area contributed by atoms with Crippen molar-refractivity contribution in [3.8, 4) is 5.75 Å². The van der Waals surface area contributed by atoms with E-state index in [9.17, 15) is 0 Å². The number of rotatable bonds is 3. The molecule has 1 aromatic carbocycles. The summed E-state index contributed by atoms with van der Waals surface area (Å²) in [6, 6.07) is 7.37. The van der Waals surface area contributed by atoms with E-state index in [1.54, 1.807) is 19.2 Å². The van der Waals surface area contributed by atoms with E-state index in [1.807, 2.05) is 17.5 Å². The summed E-state index contributed by atoms with van der Waals surface area (Å²) in [5.74, 6) is 1.50. The maximum atomic E-state index is 6.01. The van der Waals surface area contributed by atoms with E-state index in [-0.39, 0.29) is 5.95 Å². The third kappa shape index (κ3) is 2.35. The summed E-state index contributed by atoms with van der Waals surface area (Å²) < 4.78 is 5.19. The quantitative estimate of drug-likeness (QED) is 0.772. The number of ether oxygens (including phenoxy) is 1. The highest BCUT2D eigenvalue weighted by molar-refractivity contribution is 7.16. The fourth-order valence-corrected chi connectivity index (χ4v) is 2.81. The number of fused-ring (bicyclic) bond motifs is 1. The Morgan fingerprint density at radius 1 is 1.30 bits per heavy atom. The molecule has 5 nitrogen and oxygen atoms in total. The molecule has 0 aliphatic rings. The van der Waals surface area contributed by atoms with Gasteiger partial charge in [0, 0.05) is 11.8 Å². The summed E-state index contributed by atoms with van der Waals surface area (Å²) in [5, 5.41) is 6.65. The molecule has 2 aromatic heterocycles. The van der Waals surface area contributed by atoms with Gasteiger partial charge in [0.1, 0.15) is 16.4 Å². The van der Waals surface area contributed by atoms with Crippen molar-refractivity contribution >= 4 is 50.6 Å². The van der Waals surface area contributed by atoms with Gasteiger partial charge >= 0.3 is 0 Å². The molecule has 3 aromatic rings. The van der Waals surface area contributed by atoms with Crippen LogP contribution in [0, 0.1) is 0 Å².